The monoisotopic (exact) mass is 1410 g/mol. The minimum absolute atomic E-state index is 0.0647. The van der Waals surface area contributed by atoms with E-state index in [1.165, 1.54) is 89.3 Å². The van der Waals surface area contributed by atoms with Gasteiger partial charge in [0, 0.05) is 0 Å². The van der Waals surface area contributed by atoms with Gasteiger partial charge < -0.3 is 0 Å². The summed E-state index contributed by atoms with van der Waals surface area (Å²) in [4.78, 5) is 0. The molecule has 0 atom stereocenters. The quantitative estimate of drug-likeness (QED) is 0.0359. The summed E-state index contributed by atoms with van der Waals surface area (Å²) in [5.74, 6) is 0.273. The first-order chi connectivity index (χ1) is 45.8. The van der Waals surface area contributed by atoms with Gasteiger partial charge in [-0.25, -0.2) is 0 Å². The zero-order valence-electron chi connectivity index (χ0n) is 59.6. The summed E-state index contributed by atoms with van der Waals surface area (Å²) in [5, 5.41) is 0. The summed E-state index contributed by atoms with van der Waals surface area (Å²) in [5.41, 5.74) is 23.8. The maximum atomic E-state index is 8.69. The van der Waals surface area contributed by atoms with Crippen LogP contribution in [0.15, 0.2) is 267 Å². The Labute approximate surface area is 589 Å². The molecule has 10 rings (SSSR count). The normalized spacial score (nSPS) is 12.4. The molecule has 0 aliphatic heterocycles. The van der Waals surface area contributed by atoms with Gasteiger partial charge in [-0.05, 0) is 0 Å². The van der Waals surface area contributed by atoms with E-state index in [0.29, 0.717) is 33.2 Å². The summed E-state index contributed by atoms with van der Waals surface area (Å²) in [6.07, 6.45) is 0. The van der Waals surface area contributed by atoms with Crippen molar-refractivity contribution < 1.29 is 2.79 Å². The molecule has 4 radical (unpaired) electrons. The molecule has 10 aromatic rings. The first-order valence-corrected chi connectivity index (χ1v) is 43.3. The summed E-state index contributed by atoms with van der Waals surface area (Å²) in [7, 11) is -5.48. The van der Waals surface area contributed by atoms with Gasteiger partial charge in [0.1, 0.15) is 0 Å². The number of anilines is 2. The molecular weight excluding hydrogens is 1300 g/mol. The molecule has 0 saturated carbocycles. The Balaban J connectivity index is 1.36. The molecule has 0 amide bonds. The van der Waals surface area contributed by atoms with E-state index in [9.17, 15) is 0 Å². The number of rotatable bonds is 28. The van der Waals surface area contributed by atoms with Crippen molar-refractivity contribution in [1.82, 2.24) is 0 Å². The van der Waals surface area contributed by atoms with Gasteiger partial charge >= 0.3 is 594 Å². The van der Waals surface area contributed by atoms with Crippen molar-refractivity contribution in [2.45, 2.75) is 180 Å². The Kier molecular flexibility index (Phi) is 24.0. The van der Waals surface area contributed by atoms with Crippen LogP contribution in [-0.4, -0.2) is 48.5 Å². The topological polar surface area (TPSA) is 15.7 Å². The molecule has 0 heterocycles. The van der Waals surface area contributed by atoms with Crippen LogP contribution in [0.2, 0.25) is 33.2 Å². The molecule has 95 heavy (non-hydrogen) atoms. The summed E-state index contributed by atoms with van der Waals surface area (Å²) >= 11 is -2.97. The average Bonchev–Trinajstić information content (AvgIpc) is 0.731. The second-order valence-electron chi connectivity index (χ2n) is 29.1. The molecule has 0 aliphatic carbocycles. The standard InChI is InChI=1S/C88H104Ge2N2OSi2/c1-61(2)77-57-79(83(69-41-25-17-26-42-69)70-43-27-18-28-44-70)87(80(58-77)84(71-45-29-19-30-46-71)72-47-31-20-32-48-72)91(94(63(5)6,64(7)8)65(9)10)89-93-90-92(95(66(11)12,67(13)14)68(15)16)88-81(85(73-49-33-21-34-50-73)74-51-35-22-36-52-74)59-78(62(3)4)60-82(88)86(75-53-37-23-38-54-75)76-55-39-24-40-56-76/h17-68,83-86H,1-16H3. The van der Waals surface area contributed by atoms with Crippen LogP contribution in [0.3, 0.4) is 0 Å². The number of hydrogen-bond acceptors (Lipinski definition) is 3. The van der Waals surface area contributed by atoms with Crippen LogP contribution >= 0.6 is 0 Å². The third-order valence-corrected chi connectivity index (χ3v) is 44.1. The van der Waals surface area contributed by atoms with Crippen LogP contribution in [0.4, 0.5) is 11.4 Å². The van der Waals surface area contributed by atoms with Crippen LogP contribution in [0.5, 0.6) is 0 Å². The van der Waals surface area contributed by atoms with Gasteiger partial charge in [-0.2, -0.15) is 0 Å². The van der Waals surface area contributed by atoms with Gasteiger partial charge in [0.05, 0.1) is 0 Å². The van der Waals surface area contributed by atoms with Gasteiger partial charge in [-0.3, -0.25) is 0 Å². The molecule has 488 valence electrons. The fourth-order valence-electron chi connectivity index (χ4n) is 17.1. The van der Waals surface area contributed by atoms with Gasteiger partial charge in [0.25, 0.3) is 0 Å². The van der Waals surface area contributed by atoms with E-state index in [0.717, 1.165) is 0 Å². The zero-order valence-corrected chi connectivity index (χ0v) is 65.8. The van der Waals surface area contributed by atoms with Crippen molar-refractivity contribution >= 4 is 59.8 Å². The van der Waals surface area contributed by atoms with Crippen molar-refractivity contribution in [3.8, 4) is 0 Å². The van der Waals surface area contributed by atoms with Crippen LogP contribution in [0.25, 0.3) is 0 Å². The Morgan fingerprint density at radius 2 is 0.389 bits per heavy atom. The Morgan fingerprint density at radius 1 is 0.232 bits per heavy atom. The van der Waals surface area contributed by atoms with Gasteiger partial charge in [-0.1, -0.05) is 0 Å². The van der Waals surface area contributed by atoms with E-state index in [4.69, 9.17) is 2.79 Å². The molecule has 0 unspecified atom stereocenters. The Hall–Kier alpha value is -6.72. The van der Waals surface area contributed by atoms with E-state index in [1.54, 1.807) is 0 Å². The first kappa shape index (κ1) is 71.1. The molecule has 0 bridgehead atoms. The third kappa shape index (κ3) is 14.8. The van der Waals surface area contributed by atoms with Crippen LogP contribution in [0, 0.1) is 0 Å². The average molecular weight is 1410 g/mol. The molecule has 0 fully saturated rings. The molecule has 7 heteroatoms. The van der Waals surface area contributed by atoms with Crippen molar-refractivity contribution in [1.29, 1.82) is 0 Å². The number of hydrogen-bond donors (Lipinski definition) is 0. The number of benzene rings is 10. The SMILES string of the molecule is CC(C)c1cc(C(c2ccccc2)c2ccccc2)c([N]([Ge][O][Ge][N](c2c(C(c3ccccc3)c3ccccc3)cc(C(C)C)cc2C(c2ccccc2)c2ccccc2)[Si](C(C)C)(C(C)C)C(C)C)[Si](C(C)C)(C(C)C)C(C)C)c(C(c2ccccc2)c2ccccc2)c1. The second kappa shape index (κ2) is 32.1. The van der Waals surface area contributed by atoms with Crippen LogP contribution < -0.4 is 7.05 Å². The predicted molar refractivity (Wildman–Crippen MR) is 416 cm³/mol. The molecule has 0 aromatic heterocycles. The molecule has 0 saturated heterocycles. The van der Waals surface area contributed by atoms with Crippen molar-refractivity contribution in [3.05, 3.63) is 345 Å². The van der Waals surface area contributed by atoms with Crippen LogP contribution in [0.1, 0.15) is 224 Å². The van der Waals surface area contributed by atoms with Gasteiger partial charge in [-0.15, -0.1) is 0 Å². The van der Waals surface area contributed by atoms with Crippen LogP contribution in [-0.2, 0) is 2.79 Å². The van der Waals surface area contributed by atoms with Crippen molar-refractivity contribution in [2.24, 2.45) is 0 Å². The molecule has 0 aliphatic rings. The fourth-order valence-corrected chi connectivity index (χ4v) is 48.4. The minimum atomic E-state index is -2.74. The maximum absolute atomic E-state index is 8.69. The number of nitrogens with zero attached hydrogens (tertiary/aromatic N) is 2. The van der Waals surface area contributed by atoms with E-state index in [1.807, 2.05) is 0 Å². The predicted octanol–water partition coefficient (Wildman–Crippen LogP) is 24.4. The Bertz CT molecular complexity index is 3310. The fraction of sp³-hybridized carbons (Fsp3) is 0.318. The van der Waals surface area contributed by atoms with E-state index >= 15 is 0 Å². The zero-order chi connectivity index (χ0) is 67.6. The van der Waals surface area contributed by atoms with Crippen molar-refractivity contribution in [3.63, 3.8) is 0 Å². The molecular formula is C88H104Ge2N2OSi2. The van der Waals surface area contributed by atoms with E-state index in [2.05, 4.69) is 385 Å². The van der Waals surface area contributed by atoms with Crippen molar-refractivity contribution in [2.75, 3.05) is 7.05 Å². The van der Waals surface area contributed by atoms with E-state index in [-0.39, 0.29) is 35.5 Å². The molecule has 3 nitrogen and oxygen atoms in total. The molecule has 10 aromatic carbocycles. The Morgan fingerprint density at radius 3 is 0.526 bits per heavy atom. The third-order valence-electron chi connectivity index (χ3n) is 21.1. The van der Waals surface area contributed by atoms with E-state index < -0.39 is 48.5 Å². The summed E-state index contributed by atoms with van der Waals surface area (Å²) in [6, 6.07) is 102. The first-order valence-electron chi connectivity index (χ1n) is 35.4. The van der Waals surface area contributed by atoms with Gasteiger partial charge in [0.2, 0.25) is 0 Å². The second-order valence-corrected chi connectivity index (χ2v) is 47.6. The summed E-state index contributed by atoms with van der Waals surface area (Å²) in [6.45, 7) is 40.6. The molecule has 0 N–H and O–H groups in total. The van der Waals surface area contributed by atoms with Gasteiger partial charge in [0.15, 0.2) is 0 Å². The summed E-state index contributed by atoms with van der Waals surface area (Å²) < 4.78 is 15.0. The molecule has 0 spiro atoms.